The van der Waals surface area contributed by atoms with Crippen LogP contribution in [0, 0.1) is 5.82 Å². The highest BCUT2D eigenvalue weighted by molar-refractivity contribution is 5.90. The Morgan fingerprint density at radius 1 is 1.44 bits per heavy atom. The molecule has 0 saturated carbocycles. The van der Waals surface area contributed by atoms with E-state index in [-0.39, 0.29) is 24.8 Å². The molecule has 3 N–H and O–H groups in total. The smallest absolute Gasteiger partial charge is 0.414 e. The summed E-state index contributed by atoms with van der Waals surface area (Å²) >= 11 is 0. The van der Waals surface area contributed by atoms with Crippen LogP contribution in [0.3, 0.4) is 0 Å². The van der Waals surface area contributed by atoms with Crippen LogP contribution in [0.1, 0.15) is 6.92 Å². The molecule has 1 aliphatic rings. The van der Waals surface area contributed by atoms with Crippen LogP contribution in [0.4, 0.5) is 20.7 Å². The minimum atomic E-state index is -0.580. The second-order valence-corrected chi connectivity index (χ2v) is 5.65. The van der Waals surface area contributed by atoms with Crippen molar-refractivity contribution in [3.63, 3.8) is 0 Å². The van der Waals surface area contributed by atoms with Crippen molar-refractivity contribution in [3.8, 4) is 11.1 Å². The average Bonchev–Trinajstić information content (AvgIpc) is 2.95. The van der Waals surface area contributed by atoms with Gasteiger partial charge >= 0.3 is 6.09 Å². The number of hydrogen-bond acceptors (Lipinski definition) is 5. The SMILES string of the molecule is CC(=O)NC[C@H]1CN(c2ccc(-c3cccnc3N)c(F)c2)C(=O)O1. The summed E-state index contributed by atoms with van der Waals surface area (Å²) in [4.78, 5) is 28.2. The lowest BCUT2D eigenvalue weighted by atomic mass is 10.1. The number of nitrogen functional groups attached to an aromatic ring is 1. The van der Waals surface area contributed by atoms with Crippen LogP contribution >= 0.6 is 0 Å². The van der Waals surface area contributed by atoms with E-state index in [1.807, 2.05) is 0 Å². The summed E-state index contributed by atoms with van der Waals surface area (Å²) in [5, 5.41) is 2.59. The first kappa shape index (κ1) is 16.7. The number of ether oxygens (including phenoxy) is 1. The Labute approximate surface area is 143 Å². The van der Waals surface area contributed by atoms with Crippen LogP contribution < -0.4 is 16.0 Å². The van der Waals surface area contributed by atoms with Crippen LogP contribution in [0.25, 0.3) is 11.1 Å². The number of carbonyl (C=O) groups excluding carboxylic acids is 2. The summed E-state index contributed by atoms with van der Waals surface area (Å²) in [5.41, 5.74) is 6.94. The molecule has 0 spiro atoms. The van der Waals surface area contributed by atoms with Crippen molar-refractivity contribution in [1.29, 1.82) is 0 Å². The molecule has 0 aliphatic carbocycles. The number of rotatable bonds is 4. The second kappa shape index (κ2) is 6.76. The van der Waals surface area contributed by atoms with Gasteiger partial charge in [0, 0.05) is 24.2 Å². The fourth-order valence-electron chi connectivity index (χ4n) is 2.63. The fraction of sp³-hybridized carbons (Fsp3) is 0.235. The van der Waals surface area contributed by atoms with Crippen molar-refractivity contribution in [2.75, 3.05) is 23.7 Å². The van der Waals surface area contributed by atoms with Gasteiger partial charge in [0.25, 0.3) is 0 Å². The number of nitrogens with one attached hydrogen (secondary N) is 1. The van der Waals surface area contributed by atoms with Gasteiger partial charge in [0.1, 0.15) is 17.7 Å². The molecule has 2 amide bonds. The molecular formula is C17H17FN4O3. The number of amides is 2. The molecule has 2 aromatic rings. The summed E-state index contributed by atoms with van der Waals surface area (Å²) in [5.74, 6) is -0.501. The lowest BCUT2D eigenvalue weighted by Gasteiger charge is -2.15. The third-order valence-electron chi connectivity index (χ3n) is 3.85. The lowest BCUT2D eigenvalue weighted by Crippen LogP contribution is -2.33. The largest absolute Gasteiger partial charge is 0.442 e. The number of hydrogen-bond donors (Lipinski definition) is 2. The van der Waals surface area contributed by atoms with E-state index >= 15 is 0 Å². The molecule has 1 aromatic carbocycles. The Morgan fingerprint density at radius 3 is 2.92 bits per heavy atom. The standard InChI is InChI=1S/C17H17FN4O3/c1-10(23)21-8-12-9-22(17(24)25-12)11-4-5-13(15(18)7-11)14-3-2-6-20-16(14)19/h2-7,12H,8-9H2,1H3,(H2,19,20)(H,21,23)/t12-/m0/s1. The summed E-state index contributed by atoms with van der Waals surface area (Å²) in [7, 11) is 0. The number of benzene rings is 1. The van der Waals surface area contributed by atoms with Crippen molar-refractivity contribution >= 4 is 23.5 Å². The summed E-state index contributed by atoms with van der Waals surface area (Å²) in [6.07, 6.45) is 0.470. The van der Waals surface area contributed by atoms with Crippen LogP contribution in [0.2, 0.25) is 0 Å². The van der Waals surface area contributed by atoms with E-state index < -0.39 is 18.0 Å². The van der Waals surface area contributed by atoms with Gasteiger partial charge in [-0.05, 0) is 30.3 Å². The quantitative estimate of drug-likeness (QED) is 0.883. The molecule has 0 unspecified atom stereocenters. The average molecular weight is 344 g/mol. The van der Waals surface area contributed by atoms with Gasteiger partial charge in [0.15, 0.2) is 0 Å². The maximum Gasteiger partial charge on any atom is 0.414 e. The first-order chi connectivity index (χ1) is 12.0. The highest BCUT2D eigenvalue weighted by atomic mass is 19.1. The molecule has 0 bridgehead atoms. The monoisotopic (exact) mass is 344 g/mol. The Kier molecular flexibility index (Phi) is 4.51. The van der Waals surface area contributed by atoms with Gasteiger partial charge in [0.05, 0.1) is 18.8 Å². The summed E-state index contributed by atoms with van der Waals surface area (Å²) in [6.45, 7) is 1.82. The van der Waals surface area contributed by atoms with Crippen molar-refractivity contribution < 1.29 is 18.7 Å². The van der Waals surface area contributed by atoms with Crippen molar-refractivity contribution in [1.82, 2.24) is 10.3 Å². The van der Waals surface area contributed by atoms with E-state index in [1.54, 1.807) is 24.3 Å². The van der Waals surface area contributed by atoms with Crippen LogP contribution in [-0.2, 0) is 9.53 Å². The van der Waals surface area contributed by atoms with Crippen LogP contribution in [-0.4, -0.2) is 36.2 Å². The van der Waals surface area contributed by atoms with Crippen molar-refractivity contribution in [3.05, 3.63) is 42.3 Å². The lowest BCUT2D eigenvalue weighted by molar-refractivity contribution is -0.119. The zero-order valence-electron chi connectivity index (χ0n) is 13.5. The number of halogens is 1. The van der Waals surface area contributed by atoms with Gasteiger partial charge in [-0.15, -0.1) is 0 Å². The number of carbonyl (C=O) groups is 2. The van der Waals surface area contributed by atoms with Crippen LogP contribution in [0.5, 0.6) is 0 Å². The molecule has 0 radical (unpaired) electrons. The zero-order chi connectivity index (χ0) is 18.0. The number of anilines is 2. The molecule has 3 rings (SSSR count). The van der Waals surface area contributed by atoms with Gasteiger partial charge in [-0.1, -0.05) is 0 Å². The third kappa shape index (κ3) is 3.52. The molecule has 1 atom stereocenters. The van der Waals surface area contributed by atoms with Crippen LogP contribution in [0.15, 0.2) is 36.5 Å². The maximum absolute atomic E-state index is 14.5. The first-order valence-electron chi connectivity index (χ1n) is 7.68. The van der Waals surface area contributed by atoms with E-state index in [0.29, 0.717) is 16.8 Å². The summed E-state index contributed by atoms with van der Waals surface area (Å²) < 4.78 is 19.7. The third-order valence-corrected chi connectivity index (χ3v) is 3.85. The zero-order valence-corrected chi connectivity index (χ0v) is 13.5. The number of nitrogens with two attached hydrogens (primary N) is 1. The minimum absolute atomic E-state index is 0.209. The van der Waals surface area contributed by atoms with Gasteiger partial charge < -0.3 is 15.8 Å². The maximum atomic E-state index is 14.5. The highest BCUT2D eigenvalue weighted by Gasteiger charge is 2.32. The molecule has 1 aromatic heterocycles. The fourth-order valence-corrected chi connectivity index (χ4v) is 2.63. The first-order valence-corrected chi connectivity index (χ1v) is 7.68. The predicted molar refractivity (Wildman–Crippen MR) is 90.3 cm³/mol. The normalized spacial score (nSPS) is 16.6. The summed E-state index contributed by atoms with van der Waals surface area (Å²) in [6, 6.07) is 7.76. The molecule has 2 heterocycles. The van der Waals surface area contributed by atoms with E-state index in [4.69, 9.17) is 10.5 Å². The Morgan fingerprint density at radius 2 is 2.24 bits per heavy atom. The van der Waals surface area contributed by atoms with Crippen molar-refractivity contribution in [2.45, 2.75) is 13.0 Å². The molecule has 1 saturated heterocycles. The second-order valence-electron chi connectivity index (χ2n) is 5.65. The molecular weight excluding hydrogens is 327 g/mol. The minimum Gasteiger partial charge on any atom is -0.442 e. The predicted octanol–water partition coefficient (Wildman–Crippen LogP) is 1.93. The van der Waals surface area contributed by atoms with Crippen molar-refractivity contribution in [2.24, 2.45) is 0 Å². The van der Waals surface area contributed by atoms with E-state index in [2.05, 4.69) is 10.3 Å². The van der Waals surface area contributed by atoms with E-state index in [0.717, 1.165) is 0 Å². The molecule has 1 aliphatic heterocycles. The van der Waals surface area contributed by atoms with Gasteiger partial charge in [0.2, 0.25) is 5.91 Å². The van der Waals surface area contributed by atoms with Gasteiger partial charge in [-0.3, -0.25) is 9.69 Å². The molecule has 130 valence electrons. The topological polar surface area (TPSA) is 97.5 Å². The number of nitrogens with zero attached hydrogens (tertiary/aromatic N) is 2. The molecule has 8 heteroatoms. The van der Waals surface area contributed by atoms with Gasteiger partial charge in [-0.2, -0.15) is 0 Å². The molecule has 25 heavy (non-hydrogen) atoms. The Hall–Kier alpha value is -3.16. The van der Waals surface area contributed by atoms with E-state index in [1.165, 1.54) is 24.1 Å². The van der Waals surface area contributed by atoms with E-state index in [9.17, 15) is 14.0 Å². The Balaban J connectivity index is 1.80. The number of pyridine rings is 1. The molecule has 1 fully saturated rings. The highest BCUT2D eigenvalue weighted by Crippen LogP contribution is 2.31. The number of aromatic nitrogens is 1. The Bertz CT molecular complexity index is 827. The van der Waals surface area contributed by atoms with Gasteiger partial charge in [-0.25, -0.2) is 14.2 Å². The molecule has 7 nitrogen and oxygen atoms in total. The number of cyclic esters (lactones) is 1.